The van der Waals surface area contributed by atoms with Gasteiger partial charge in [-0.25, -0.2) is 24.9 Å². The van der Waals surface area contributed by atoms with Gasteiger partial charge in [-0.3, -0.25) is 4.98 Å². The van der Waals surface area contributed by atoms with Crippen LogP contribution in [-0.4, -0.2) is 29.9 Å². The van der Waals surface area contributed by atoms with E-state index in [0.29, 0.717) is 23.3 Å². The van der Waals surface area contributed by atoms with Crippen molar-refractivity contribution >= 4 is 43.2 Å². The van der Waals surface area contributed by atoms with Crippen molar-refractivity contribution in [3.8, 4) is 56.7 Å². The Kier molecular flexibility index (Phi) is 7.03. The molecule has 0 fully saturated rings. The first-order valence-electron chi connectivity index (χ1n) is 17.2. The molecule has 0 saturated carbocycles. The van der Waals surface area contributed by atoms with Gasteiger partial charge in [-0.1, -0.05) is 127 Å². The molecule has 0 aliphatic carbocycles. The normalized spacial score (nSPS) is 11.5. The number of nitrogens with zero attached hydrogens (tertiary/aromatic N) is 6. The smallest absolute Gasteiger partial charge is 0.164 e. The Morgan fingerprint density at radius 2 is 0.904 bits per heavy atom. The van der Waals surface area contributed by atoms with Gasteiger partial charge in [0.2, 0.25) is 0 Å². The van der Waals surface area contributed by atoms with Gasteiger partial charge in [0.15, 0.2) is 23.3 Å². The van der Waals surface area contributed by atoms with E-state index in [1.165, 1.54) is 16.2 Å². The number of hydrogen-bond donors (Lipinski definition) is 0. The molecule has 0 saturated heterocycles. The van der Waals surface area contributed by atoms with Crippen LogP contribution < -0.4 is 0 Å². The predicted octanol–water partition coefficient (Wildman–Crippen LogP) is 11.0. The van der Waals surface area contributed by atoms with Crippen molar-refractivity contribution in [1.29, 1.82) is 0 Å². The Labute approximate surface area is 299 Å². The third-order valence-electron chi connectivity index (χ3n) is 9.60. The SMILES string of the molecule is c1ccc(-c2nc(-c3ccccc3)nc(-c3cc(-c4cccnc4)cc(-c4ncc5c(n4)c4ccccc4c4ccc6ccccc6c45)c3)n2)cc1. The predicted molar refractivity (Wildman–Crippen MR) is 210 cm³/mol. The Balaban J connectivity index is 1.23. The van der Waals surface area contributed by atoms with E-state index in [9.17, 15) is 0 Å². The quantitative estimate of drug-likeness (QED) is 0.170. The summed E-state index contributed by atoms with van der Waals surface area (Å²) in [5.41, 5.74) is 6.34. The van der Waals surface area contributed by atoms with E-state index in [1.54, 1.807) is 6.20 Å². The summed E-state index contributed by atoms with van der Waals surface area (Å²) in [5.74, 6) is 2.38. The summed E-state index contributed by atoms with van der Waals surface area (Å²) < 4.78 is 0. The highest BCUT2D eigenvalue weighted by Crippen LogP contribution is 2.39. The van der Waals surface area contributed by atoms with Crippen LogP contribution in [0.3, 0.4) is 0 Å². The zero-order valence-corrected chi connectivity index (χ0v) is 27.8. The Morgan fingerprint density at radius 3 is 1.60 bits per heavy atom. The van der Waals surface area contributed by atoms with E-state index in [2.05, 4.69) is 89.9 Å². The van der Waals surface area contributed by atoms with Crippen molar-refractivity contribution in [3.05, 3.63) is 170 Å². The second kappa shape index (κ2) is 12.3. The second-order valence-electron chi connectivity index (χ2n) is 12.8. The molecular formula is C46H28N6. The molecule has 52 heavy (non-hydrogen) atoms. The fraction of sp³-hybridized carbons (Fsp3) is 0. The molecule has 0 atom stereocenters. The van der Waals surface area contributed by atoms with Gasteiger partial charge in [0.05, 0.1) is 5.52 Å². The molecule has 242 valence electrons. The van der Waals surface area contributed by atoms with Gasteiger partial charge in [-0.15, -0.1) is 0 Å². The molecule has 10 aromatic rings. The van der Waals surface area contributed by atoms with E-state index < -0.39 is 0 Å². The largest absolute Gasteiger partial charge is 0.264 e. The van der Waals surface area contributed by atoms with Crippen LogP contribution in [0.4, 0.5) is 0 Å². The van der Waals surface area contributed by atoms with Crippen molar-refractivity contribution in [2.45, 2.75) is 0 Å². The van der Waals surface area contributed by atoms with Crippen molar-refractivity contribution < 1.29 is 0 Å². The highest BCUT2D eigenvalue weighted by atomic mass is 15.0. The number of rotatable bonds is 5. The van der Waals surface area contributed by atoms with Crippen molar-refractivity contribution in [2.75, 3.05) is 0 Å². The zero-order valence-electron chi connectivity index (χ0n) is 27.8. The lowest BCUT2D eigenvalue weighted by Gasteiger charge is -2.14. The molecule has 0 amide bonds. The van der Waals surface area contributed by atoms with E-state index >= 15 is 0 Å². The molecule has 6 heteroatoms. The minimum Gasteiger partial charge on any atom is -0.264 e. The highest BCUT2D eigenvalue weighted by Gasteiger charge is 2.18. The maximum absolute atomic E-state index is 5.35. The minimum atomic E-state index is 0.559. The van der Waals surface area contributed by atoms with E-state index in [1.807, 2.05) is 79.1 Å². The topological polar surface area (TPSA) is 77.3 Å². The molecule has 0 spiro atoms. The average molecular weight is 665 g/mol. The molecule has 0 radical (unpaired) electrons. The standard InChI is InChI=1S/C46H28N6/c1-3-13-30(14-4-1)44-50-45(31-15-5-2-6-16-31)52-46(51-44)35-25-33(32-17-11-23-47-27-32)24-34(26-35)43-48-28-40-41-36-18-8-7-12-29(36)21-22-38(41)37-19-9-10-20-39(37)42(40)49-43/h1-28H. The highest BCUT2D eigenvalue weighted by molar-refractivity contribution is 6.30. The van der Waals surface area contributed by atoms with Crippen LogP contribution in [0.15, 0.2) is 170 Å². The minimum absolute atomic E-state index is 0.559. The Bertz CT molecular complexity index is 2890. The molecule has 0 aliphatic heterocycles. The number of pyridine rings is 1. The summed E-state index contributed by atoms with van der Waals surface area (Å²) in [4.78, 5) is 29.8. The van der Waals surface area contributed by atoms with Crippen LogP contribution in [0.2, 0.25) is 0 Å². The lowest BCUT2D eigenvalue weighted by Crippen LogP contribution is -2.01. The Morgan fingerprint density at radius 1 is 0.327 bits per heavy atom. The lowest BCUT2D eigenvalue weighted by atomic mass is 9.93. The van der Waals surface area contributed by atoms with Gasteiger partial charge in [-0.05, 0) is 51.4 Å². The maximum atomic E-state index is 5.35. The monoisotopic (exact) mass is 664 g/mol. The van der Waals surface area contributed by atoms with Crippen LogP contribution in [-0.2, 0) is 0 Å². The molecule has 6 nitrogen and oxygen atoms in total. The number of fused-ring (bicyclic) bond motifs is 8. The van der Waals surface area contributed by atoms with Crippen LogP contribution in [0, 0.1) is 0 Å². The summed E-state index contributed by atoms with van der Waals surface area (Å²) in [7, 11) is 0. The molecule has 3 aromatic heterocycles. The zero-order chi connectivity index (χ0) is 34.4. The van der Waals surface area contributed by atoms with Crippen LogP contribution in [0.5, 0.6) is 0 Å². The molecule has 0 unspecified atom stereocenters. The molecule has 0 N–H and O–H groups in total. The first-order chi connectivity index (χ1) is 25.8. The van der Waals surface area contributed by atoms with Gasteiger partial charge < -0.3 is 0 Å². The third kappa shape index (κ3) is 5.13. The van der Waals surface area contributed by atoms with Crippen molar-refractivity contribution in [3.63, 3.8) is 0 Å². The van der Waals surface area contributed by atoms with Gasteiger partial charge in [0, 0.05) is 62.6 Å². The van der Waals surface area contributed by atoms with Gasteiger partial charge in [-0.2, -0.15) is 0 Å². The third-order valence-corrected chi connectivity index (χ3v) is 9.60. The van der Waals surface area contributed by atoms with Crippen molar-refractivity contribution in [1.82, 2.24) is 29.9 Å². The van der Waals surface area contributed by atoms with Gasteiger partial charge in [0.1, 0.15) is 0 Å². The molecule has 0 bridgehead atoms. The first-order valence-corrected chi connectivity index (χ1v) is 17.2. The van der Waals surface area contributed by atoms with E-state index in [4.69, 9.17) is 24.9 Å². The van der Waals surface area contributed by atoms with E-state index in [0.717, 1.165) is 60.4 Å². The van der Waals surface area contributed by atoms with Crippen LogP contribution in [0.25, 0.3) is 99.9 Å². The summed E-state index contributed by atoms with van der Waals surface area (Å²) >= 11 is 0. The molecule has 3 heterocycles. The first kappa shape index (κ1) is 29.7. The van der Waals surface area contributed by atoms with Crippen LogP contribution >= 0.6 is 0 Å². The second-order valence-corrected chi connectivity index (χ2v) is 12.8. The Hall–Kier alpha value is -7.18. The lowest BCUT2D eigenvalue weighted by molar-refractivity contribution is 1.07. The summed E-state index contributed by atoms with van der Waals surface area (Å²) in [6.45, 7) is 0. The van der Waals surface area contributed by atoms with Gasteiger partial charge >= 0.3 is 0 Å². The van der Waals surface area contributed by atoms with Crippen molar-refractivity contribution in [2.24, 2.45) is 0 Å². The number of aromatic nitrogens is 6. The van der Waals surface area contributed by atoms with Gasteiger partial charge in [0.25, 0.3) is 0 Å². The summed E-state index contributed by atoms with van der Waals surface area (Å²) in [5, 5.41) is 8.00. The average Bonchev–Trinajstić information content (AvgIpc) is 3.24. The summed E-state index contributed by atoms with van der Waals surface area (Å²) in [6, 6.07) is 51.8. The molecule has 0 aliphatic rings. The molecule has 7 aromatic carbocycles. The molecular weight excluding hydrogens is 637 g/mol. The number of benzene rings is 7. The number of hydrogen-bond acceptors (Lipinski definition) is 6. The fourth-order valence-corrected chi connectivity index (χ4v) is 7.14. The molecule has 10 rings (SSSR count). The van der Waals surface area contributed by atoms with E-state index in [-0.39, 0.29) is 0 Å². The van der Waals surface area contributed by atoms with Crippen LogP contribution in [0.1, 0.15) is 0 Å². The maximum Gasteiger partial charge on any atom is 0.164 e. The summed E-state index contributed by atoms with van der Waals surface area (Å²) in [6.07, 6.45) is 5.64. The fourth-order valence-electron chi connectivity index (χ4n) is 7.14.